The minimum absolute atomic E-state index is 0.0133. The Morgan fingerprint density at radius 1 is 1.71 bits per heavy atom. The Balaban J connectivity index is 2.13. The van der Waals surface area contributed by atoms with Gasteiger partial charge in [-0.1, -0.05) is 13.3 Å². The SMILES string of the molecule is CCC[C@H](N)C(=O)NCC1CCCS1. The number of nitrogens with two attached hydrogens (primary N) is 1. The first-order chi connectivity index (χ1) is 6.74. The van der Waals surface area contributed by atoms with Gasteiger partial charge in [0.05, 0.1) is 6.04 Å². The lowest BCUT2D eigenvalue weighted by Gasteiger charge is -2.13. The minimum atomic E-state index is -0.314. The van der Waals surface area contributed by atoms with Crippen LogP contribution in [0.2, 0.25) is 0 Å². The molecule has 0 aromatic carbocycles. The van der Waals surface area contributed by atoms with Crippen LogP contribution in [-0.4, -0.2) is 29.5 Å². The molecule has 1 rings (SSSR count). The number of rotatable bonds is 5. The summed E-state index contributed by atoms with van der Waals surface area (Å²) < 4.78 is 0. The van der Waals surface area contributed by atoms with Gasteiger partial charge in [0.15, 0.2) is 0 Å². The molecule has 1 aliphatic rings. The number of hydrogen-bond acceptors (Lipinski definition) is 3. The van der Waals surface area contributed by atoms with Gasteiger partial charge >= 0.3 is 0 Å². The van der Waals surface area contributed by atoms with Crippen LogP contribution in [0.15, 0.2) is 0 Å². The van der Waals surface area contributed by atoms with Crippen LogP contribution in [0.5, 0.6) is 0 Å². The van der Waals surface area contributed by atoms with Gasteiger partial charge in [0.2, 0.25) is 5.91 Å². The number of amides is 1. The number of carbonyl (C=O) groups excluding carboxylic acids is 1. The zero-order valence-corrected chi connectivity index (χ0v) is 9.61. The van der Waals surface area contributed by atoms with E-state index in [0.717, 1.165) is 19.4 Å². The van der Waals surface area contributed by atoms with E-state index in [1.807, 2.05) is 18.7 Å². The van der Waals surface area contributed by atoms with Gasteiger partial charge in [-0.15, -0.1) is 0 Å². The quantitative estimate of drug-likeness (QED) is 0.724. The van der Waals surface area contributed by atoms with E-state index in [1.54, 1.807) is 0 Å². The van der Waals surface area contributed by atoms with Crippen LogP contribution >= 0.6 is 11.8 Å². The highest BCUT2D eigenvalue weighted by atomic mass is 32.2. The van der Waals surface area contributed by atoms with E-state index in [-0.39, 0.29) is 11.9 Å². The first-order valence-electron chi connectivity index (χ1n) is 5.39. The molecule has 1 saturated heterocycles. The van der Waals surface area contributed by atoms with Crippen molar-refractivity contribution in [3.8, 4) is 0 Å². The van der Waals surface area contributed by atoms with Crippen molar-refractivity contribution >= 4 is 17.7 Å². The molecule has 1 aliphatic heterocycles. The molecule has 0 radical (unpaired) electrons. The van der Waals surface area contributed by atoms with Crippen LogP contribution in [0, 0.1) is 0 Å². The van der Waals surface area contributed by atoms with Gasteiger partial charge in [-0.2, -0.15) is 11.8 Å². The topological polar surface area (TPSA) is 55.1 Å². The molecule has 2 atom stereocenters. The van der Waals surface area contributed by atoms with Gasteiger partial charge in [-0.3, -0.25) is 4.79 Å². The molecule has 1 fully saturated rings. The van der Waals surface area contributed by atoms with Crippen molar-refractivity contribution in [1.29, 1.82) is 0 Å². The molecule has 0 aromatic rings. The van der Waals surface area contributed by atoms with E-state index in [0.29, 0.717) is 5.25 Å². The fraction of sp³-hybridized carbons (Fsp3) is 0.900. The Morgan fingerprint density at radius 3 is 3.07 bits per heavy atom. The third kappa shape index (κ3) is 3.88. The van der Waals surface area contributed by atoms with Crippen molar-refractivity contribution in [2.75, 3.05) is 12.3 Å². The number of carbonyl (C=O) groups is 1. The highest BCUT2D eigenvalue weighted by Gasteiger charge is 2.18. The summed E-state index contributed by atoms with van der Waals surface area (Å²) in [5.41, 5.74) is 5.69. The second-order valence-electron chi connectivity index (χ2n) is 3.78. The van der Waals surface area contributed by atoms with E-state index in [2.05, 4.69) is 5.32 Å². The van der Waals surface area contributed by atoms with Crippen LogP contribution in [0.3, 0.4) is 0 Å². The average molecular weight is 216 g/mol. The summed E-state index contributed by atoms with van der Waals surface area (Å²) in [5.74, 6) is 1.25. The van der Waals surface area contributed by atoms with Crippen molar-refractivity contribution in [3.63, 3.8) is 0 Å². The highest BCUT2D eigenvalue weighted by molar-refractivity contribution is 8.00. The Hall–Kier alpha value is -0.220. The van der Waals surface area contributed by atoms with Gasteiger partial charge in [-0.25, -0.2) is 0 Å². The van der Waals surface area contributed by atoms with Crippen molar-refractivity contribution in [1.82, 2.24) is 5.32 Å². The minimum Gasteiger partial charge on any atom is -0.354 e. The van der Waals surface area contributed by atoms with Crippen molar-refractivity contribution in [2.24, 2.45) is 5.73 Å². The molecule has 82 valence electrons. The van der Waals surface area contributed by atoms with Crippen molar-refractivity contribution in [3.05, 3.63) is 0 Å². The number of thioether (sulfide) groups is 1. The smallest absolute Gasteiger partial charge is 0.236 e. The third-order valence-corrected chi connectivity index (χ3v) is 3.86. The summed E-state index contributed by atoms with van der Waals surface area (Å²) in [6.07, 6.45) is 4.26. The van der Waals surface area contributed by atoms with E-state index in [1.165, 1.54) is 18.6 Å². The van der Waals surface area contributed by atoms with Gasteiger partial charge in [0, 0.05) is 11.8 Å². The van der Waals surface area contributed by atoms with Gasteiger partial charge < -0.3 is 11.1 Å². The lowest BCUT2D eigenvalue weighted by atomic mass is 10.1. The lowest BCUT2D eigenvalue weighted by Crippen LogP contribution is -2.42. The first kappa shape index (κ1) is 11.9. The summed E-state index contributed by atoms with van der Waals surface area (Å²) in [6.45, 7) is 2.83. The van der Waals surface area contributed by atoms with Crippen molar-refractivity contribution in [2.45, 2.75) is 43.9 Å². The molecule has 3 nitrogen and oxygen atoms in total. The molecule has 1 unspecified atom stereocenters. The van der Waals surface area contributed by atoms with Crippen LogP contribution in [0.1, 0.15) is 32.6 Å². The summed E-state index contributed by atoms with van der Waals surface area (Å²) in [4.78, 5) is 11.4. The van der Waals surface area contributed by atoms with Crippen molar-refractivity contribution < 1.29 is 4.79 Å². The summed E-state index contributed by atoms with van der Waals surface area (Å²) in [7, 11) is 0. The van der Waals surface area contributed by atoms with E-state index < -0.39 is 0 Å². The Bertz CT molecular complexity index is 181. The van der Waals surface area contributed by atoms with Gasteiger partial charge in [0.25, 0.3) is 0 Å². The molecule has 14 heavy (non-hydrogen) atoms. The molecule has 0 saturated carbocycles. The second kappa shape index (κ2) is 6.30. The highest BCUT2D eigenvalue weighted by Crippen LogP contribution is 2.25. The number of nitrogens with one attached hydrogen (secondary N) is 1. The summed E-state index contributed by atoms with van der Waals surface area (Å²) >= 11 is 1.95. The molecule has 0 aromatic heterocycles. The predicted molar refractivity (Wildman–Crippen MR) is 61.4 cm³/mol. The van der Waals surface area contributed by atoms with Crippen LogP contribution in [-0.2, 0) is 4.79 Å². The zero-order valence-electron chi connectivity index (χ0n) is 8.79. The van der Waals surface area contributed by atoms with Crippen LogP contribution in [0.25, 0.3) is 0 Å². The molecular weight excluding hydrogens is 196 g/mol. The third-order valence-electron chi connectivity index (χ3n) is 2.46. The molecule has 0 bridgehead atoms. The van der Waals surface area contributed by atoms with E-state index in [4.69, 9.17) is 5.73 Å². The Morgan fingerprint density at radius 2 is 2.50 bits per heavy atom. The fourth-order valence-electron chi connectivity index (χ4n) is 1.59. The number of hydrogen-bond donors (Lipinski definition) is 2. The molecule has 4 heteroatoms. The molecule has 1 amide bonds. The van der Waals surface area contributed by atoms with Gasteiger partial charge in [-0.05, 0) is 25.0 Å². The average Bonchev–Trinajstić information content (AvgIpc) is 2.67. The van der Waals surface area contributed by atoms with E-state index >= 15 is 0 Å². The standard InChI is InChI=1S/C10H20N2OS/c1-2-4-9(11)10(13)12-7-8-5-3-6-14-8/h8-9H,2-7,11H2,1H3,(H,12,13)/t8?,9-/m0/s1. The van der Waals surface area contributed by atoms with E-state index in [9.17, 15) is 4.79 Å². The summed E-state index contributed by atoms with van der Waals surface area (Å²) in [6, 6.07) is -0.314. The second-order valence-corrected chi connectivity index (χ2v) is 5.18. The largest absolute Gasteiger partial charge is 0.354 e. The molecular formula is C10H20N2OS. The monoisotopic (exact) mass is 216 g/mol. The molecule has 1 heterocycles. The normalized spacial score (nSPS) is 23.4. The van der Waals surface area contributed by atoms with Gasteiger partial charge in [0.1, 0.15) is 0 Å². The fourth-order valence-corrected chi connectivity index (χ4v) is 2.79. The zero-order chi connectivity index (χ0) is 10.4. The maximum absolute atomic E-state index is 11.4. The van der Waals surface area contributed by atoms with Crippen LogP contribution in [0.4, 0.5) is 0 Å². The maximum atomic E-state index is 11.4. The summed E-state index contributed by atoms with van der Waals surface area (Å²) in [5, 5.41) is 3.54. The molecule has 0 spiro atoms. The first-order valence-corrected chi connectivity index (χ1v) is 6.43. The predicted octanol–water partition coefficient (Wildman–Crippen LogP) is 1.13. The maximum Gasteiger partial charge on any atom is 0.236 e. The molecule has 0 aliphatic carbocycles. The van der Waals surface area contributed by atoms with Crippen LogP contribution < -0.4 is 11.1 Å². The Labute approximate surface area is 90.2 Å². The Kier molecular flexibility index (Phi) is 5.33. The lowest BCUT2D eigenvalue weighted by molar-refractivity contribution is -0.122. The molecule has 3 N–H and O–H groups in total.